The monoisotopic (exact) mass is 232 g/mol. The Kier molecular flexibility index (Phi) is 2.44. The summed E-state index contributed by atoms with van der Waals surface area (Å²) in [6.07, 6.45) is 3.93. The maximum atomic E-state index is 11.2. The van der Waals surface area contributed by atoms with Gasteiger partial charge in [0.2, 0.25) is 0 Å². The van der Waals surface area contributed by atoms with Crippen molar-refractivity contribution in [3.8, 4) is 0 Å². The number of hydrogen-bond acceptors (Lipinski definition) is 2. The van der Waals surface area contributed by atoms with E-state index < -0.39 is 11.4 Å². The van der Waals surface area contributed by atoms with Crippen molar-refractivity contribution in [3.05, 3.63) is 35.4 Å². The second-order valence-corrected chi connectivity index (χ2v) is 5.01. The summed E-state index contributed by atoms with van der Waals surface area (Å²) in [5.41, 5.74) is 1.52. The highest BCUT2D eigenvalue weighted by molar-refractivity contribution is 5.84. The zero-order chi connectivity index (χ0) is 11.9. The first-order valence-corrected chi connectivity index (χ1v) is 6.18. The zero-order valence-corrected chi connectivity index (χ0v) is 9.69. The number of carboxylic acids is 1. The maximum Gasteiger partial charge on any atom is 0.314 e. The van der Waals surface area contributed by atoms with Crippen LogP contribution in [0.25, 0.3) is 0 Å². The molecule has 0 spiro atoms. The molecule has 1 atom stereocenters. The van der Waals surface area contributed by atoms with Gasteiger partial charge in [0, 0.05) is 6.61 Å². The normalized spacial score (nSPS) is 25.8. The summed E-state index contributed by atoms with van der Waals surface area (Å²) in [7, 11) is 0. The van der Waals surface area contributed by atoms with Crippen molar-refractivity contribution in [2.24, 2.45) is 0 Å². The molecule has 0 radical (unpaired) electrons. The molecule has 0 bridgehead atoms. The maximum absolute atomic E-state index is 11.2. The van der Waals surface area contributed by atoms with Gasteiger partial charge >= 0.3 is 5.97 Å². The smallest absolute Gasteiger partial charge is 0.314 e. The number of rotatable bonds is 3. The van der Waals surface area contributed by atoms with E-state index in [2.05, 4.69) is 0 Å². The third-order valence-corrected chi connectivity index (χ3v) is 3.92. The molecule has 3 rings (SSSR count). The standard InChI is InChI=1S/C14H16O3/c15-13(16)14(7-8-14)11-5-3-10(4-6-11)12-2-1-9-17-12/h3-6,12H,1-2,7-9H2,(H,15,16). The lowest BCUT2D eigenvalue weighted by molar-refractivity contribution is -0.140. The van der Waals surface area contributed by atoms with Crippen molar-refractivity contribution < 1.29 is 14.6 Å². The minimum Gasteiger partial charge on any atom is -0.481 e. The molecule has 1 aromatic carbocycles. The van der Waals surface area contributed by atoms with Gasteiger partial charge < -0.3 is 9.84 Å². The quantitative estimate of drug-likeness (QED) is 0.871. The van der Waals surface area contributed by atoms with Crippen LogP contribution in [0.3, 0.4) is 0 Å². The second kappa shape index (κ2) is 3.84. The van der Waals surface area contributed by atoms with E-state index in [1.165, 1.54) is 5.56 Å². The molecular formula is C14H16O3. The summed E-state index contributed by atoms with van der Waals surface area (Å²) in [4.78, 5) is 11.2. The molecule has 1 aromatic rings. The highest BCUT2D eigenvalue weighted by Gasteiger charge is 2.51. The summed E-state index contributed by atoms with van der Waals surface area (Å²) in [6, 6.07) is 7.96. The molecule has 1 aliphatic heterocycles. The van der Waals surface area contributed by atoms with Crippen molar-refractivity contribution in [2.75, 3.05) is 6.61 Å². The van der Waals surface area contributed by atoms with Crippen molar-refractivity contribution in [2.45, 2.75) is 37.2 Å². The lowest BCUT2D eigenvalue weighted by Gasteiger charge is -2.13. The van der Waals surface area contributed by atoms with Crippen LogP contribution in [0.5, 0.6) is 0 Å². The molecule has 3 nitrogen and oxygen atoms in total. The van der Waals surface area contributed by atoms with Gasteiger partial charge in [0.15, 0.2) is 0 Å². The molecule has 0 amide bonds. The average molecular weight is 232 g/mol. The van der Waals surface area contributed by atoms with Gasteiger partial charge in [0.05, 0.1) is 11.5 Å². The third kappa shape index (κ3) is 1.75. The van der Waals surface area contributed by atoms with Crippen LogP contribution in [0.4, 0.5) is 0 Å². The van der Waals surface area contributed by atoms with Gasteiger partial charge in [-0.05, 0) is 36.8 Å². The van der Waals surface area contributed by atoms with Crippen LogP contribution in [-0.2, 0) is 14.9 Å². The summed E-state index contributed by atoms with van der Waals surface area (Å²) < 4.78 is 5.61. The number of aliphatic carboxylic acids is 1. The minimum atomic E-state index is -0.692. The van der Waals surface area contributed by atoms with E-state index in [0.29, 0.717) is 0 Å². The van der Waals surface area contributed by atoms with Gasteiger partial charge in [0.1, 0.15) is 0 Å². The van der Waals surface area contributed by atoms with Gasteiger partial charge in [-0.25, -0.2) is 0 Å². The third-order valence-electron chi connectivity index (χ3n) is 3.92. The van der Waals surface area contributed by atoms with Gasteiger partial charge in [-0.15, -0.1) is 0 Å². The molecular weight excluding hydrogens is 216 g/mol. The lowest BCUT2D eigenvalue weighted by Crippen LogP contribution is -2.19. The van der Waals surface area contributed by atoms with Gasteiger partial charge in [-0.3, -0.25) is 4.79 Å². The van der Waals surface area contributed by atoms with E-state index in [0.717, 1.165) is 37.9 Å². The van der Waals surface area contributed by atoms with Crippen molar-refractivity contribution in [3.63, 3.8) is 0 Å². The largest absolute Gasteiger partial charge is 0.481 e. The number of carbonyl (C=O) groups is 1. The summed E-state index contributed by atoms with van der Waals surface area (Å²) >= 11 is 0. The Morgan fingerprint density at radius 1 is 1.29 bits per heavy atom. The van der Waals surface area contributed by atoms with Gasteiger partial charge in [-0.2, -0.15) is 0 Å². The fourth-order valence-corrected chi connectivity index (χ4v) is 2.61. The van der Waals surface area contributed by atoms with Crippen LogP contribution in [0, 0.1) is 0 Å². The van der Waals surface area contributed by atoms with E-state index in [9.17, 15) is 9.90 Å². The highest BCUT2D eigenvalue weighted by atomic mass is 16.5. The van der Waals surface area contributed by atoms with Crippen LogP contribution < -0.4 is 0 Å². The number of hydrogen-bond donors (Lipinski definition) is 1. The Morgan fingerprint density at radius 2 is 2.00 bits per heavy atom. The van der Waals surface area contributed by atoms with Crippen LogP contribution >= 0.6 is 0 Å². The van der Waals surface area contributed by atoms with Crippen LogP contribution in [-0.4, -0.2) is 17.7 Å². The first-order valence-electron chi connectivity index (χ1n) is 6.18. The van der Waals surface area contributed by atoms with Crippen LogP contribution in [0.2, 0.25) is 0 Å². The molecule has 90 valence electrons. The highest BCUT2D eigenvalue weighted by Crippen LogP contribution is 2.48. The molecule has 0 aromatic heterocycles. The summed E-state index contributed by atoms with van der Waals surface area (Å²) in [6.45, 7) is 0.839. The Labute approximate surface area is 100 Å². The topological polar surface area (TPSA) is 46.5 Å². The SMILES string of the molecule is O=C(O)C1(c2ccc(C3CCCO3)cc2)CC1. The summed E-state index contributed by atoms with van der Waals surface area (Å²) in [5.74, 6) is -0.692. The fourth-order valence-electron chi connectivity index (χ4n) is 2.61. The molecule has 1 saturated heterocycles. The molecule has 1 heterocycles. The zero-order valence-electron chi connectivity index (χ0n) is 9.69. The molecule has 17 heavy (non-hydrogen) atoms. The Morgan fingerprint density at radius 3 is 2.47 bits per heavy atom. The van der Waals surface area contributed by atoms with Gasteiger partial charge in [0.25, 0.3) is 0 Å². The van der Waals surface area contributed by atoms with E-state index in [1.54, 1.807) is 0 Å². The molecule has 1 N–H and O–H groups in total. The lowest BCUT2D eigenvalue weighted by atomic mass is 9.94. The van der Waals surface area contributed by atoms with E-state index in [1.807, 2.05) is 24.3 Å². The van der Waals surface area contributed by atoms with Crippen LogP contribution in [0.1, 0.15) is 42.9 Å². The number of benzene rings is 1. The molecule has 2 aliphatic rings. The van der Waals surface area contributed by atoms with E-state index in [-0.39, 0.29) is 6.10 Å². The first kappa shape index (κ1) is 10.8. The Balaban J connectivity index is 1.83. The van der Waals surface area contributed by atoms with Crippen LogP contribution in [0.15, 0.2) is 24.3 Å². The number of ether oxygens (including phenoxy) is 1. The van der Waals surface area contributed by atoms with Gasteiger partial charge in [-0.1, -0.05) is 24.3 Å². The molecule has 1 unspecified atom stereocenters. The Hall–Kier alpha value is -1.35. The fraction of sp³-hybridized carbons (Fsp3) is 0.500. The Bertz CT molecular complexity index is 425. The predicted molar refractivity (Wildman–Crippen MR) is 62.9 cm³/mol. The van der Waals surface area contributed by atoms with Crippen molar-refractivity contribution in [1.82, 2.24) is 0 Å². The van der Waals surface area contributed by atoms with E-state index in [4.69, 9.17) is 4.74 Å². The molecule has 1 aliphatic carbocycles. The molecule has 3 heteroatoms. The van der Waals surface area contributed by atoms with Crippen molar-refractivity contribution in [1.29, 1.82) is 0 Å². The minimum absolute atomic E-state index is 0.212. The van der Waals surface area contributed by atoms with Crippen molar-refractivity contribution >= 4 is 5.97 Å². The average Bonchev–Trinajstić information content (AvgIpc) is 2.98. The molecule has 1 saturated carbocycles. The predicted octanol–water partition coefficient (Wildman–Crippen LogP) is 2.65. The first-order chi connectivity index (χ1) is 8.22. The summed E-state index contributed by atoms with van der Waals surface area (Å²) in [5, 5.41) is 9.21. The number of carboxylic acid groups (broad SMARTS) is 1. The van der Waals surface area contributed by atoms with E-state index >= 15 is 0 Å². The molecule has 2 fully saturated rings. The second-order valence-electron chi connectivity index (χ2n) is 5.01.